The number of nitrogens with zero attached hydrogens (tertiary/aromatic N) is 3. The van der Waals surface area contributed by atoms with Gasteiger partial charge in [0.1, 0.15) is 0 Å². The van der Waals surface area contributed by atoms with Crippen LogP contribution in [0.5, 0.6) is 0 Å². The van der Waals surface area contributed by atoms with Crippen molar-refractivity contribution in [2.75, 3.05) is 52.1 Å². The molecule has 1 rings (SSSR count). The van der Waals surface area contributed by atoms with Gasteiger partial charge in [-0.2, -0.15) is 0 Å². The average Bonchev–Trinajstić information content (AvgIpc) is 2.61. The lowest BCUT2D eigenvalue weighted by Gasteiger charge is -2.32. The summed E-state index contributed by atoms with van der Waals surface area (Å²) in [5.74, 6) is 0.731. The van der Waals surface area contributed by atoms with E-state index in [1.54, 1.807) is 11.8 Å². The highest BCUT2D eigenvalue weighted by Crippen LogP contribution is 2.11. The number of carbonyl (C=O) groups excluding carboxylic acids is 1. The molecule has 0 unspecified atom stereocenters. The minimum absolute atomic E-state index is 0.247. The van der Waals surface area contributed by atoms with Gasteiger partial charge in [0.05, 0.1) is 12.9 Å². The molecule has 0 radical (unpaired) electrons. The SMILES string of the molecule is CCNC(=NCCCN(CC)S(C)(=O)=O)NC1CCN(C(=O)OCC)CC1. The molecule has 9 nitrogen and oxygen atoms in total. The second kappa shape index (κ2) is 12.0. The van der Waals surface area contributed by atoms with Crippen LogP contribution in [0.1, 0.15) is 40.0 Å². The van der Waals surface area contributed by atoms with Crippen LogP contribution in [0.15, 0.2) is 4.99 Å². The summed E-state index contributed by atoms with van der Waals surface area (Å²) in [7, 11) is -3.15. The number of piperidine rings is 1. The van der Waals surface area contributed by atoms with Crippen LogP contribution in [0, 0.1) is 0 Å². The number of carbonyl (C=O) groups is 1. The van der Waals surface area contributed by atoms with E-state index in [2.05, 4.69) is 15.6 Å². The van der Waals surface area contributed by atoms with Gasteiger partial charge in [0, 0.05) is 45.3 Å². The molecule has 1 fully saturated rings. The Balaban J connectivity index is 2.45. The predicted octanol–water partition coefficient (Wildman–Crippen LogP) is 0.834. The van der Waals surface area contributed by atoms with Crippen LogP contribution in [0.2, 0.25) is 0 Å². The Morgan fingerprint density at radius 3 is 2.44 bits per heavy atom. The Hall–Kier alpha value is -1.55. The van der Waals surface area contributed by atoms with Gasteiger partial charge in [-0.1, -0.05) is 6.92 Å². The summed E-state index contributed by atoms with van der Waals surface area (Å²) >= 11 is 0. The van der Waals surface area contributed by atoms with Crippen molar-refractivity contribution in [2.24, 2.45) is 4.99 Å². The van der Waals surface area contributed by atoms with E-state index in [0.29, 0.717) is 45.8 Å². The van der Waals surface area contributed by atoms with Gasteiger partial charge < -0.3 is 20.3 Å². The third-order valence-corrected chi connectivity index (χ3v) is 5.74. The first-order valence-electron chi connectivity index (χ1n) is 9.73. The Morgan fingerprint density at radius 2 is 1.93 bits per heavy atom. The van der Waals surface area contributed by atoms with Crippen LogP contribution in [0.25, 0.3) is 0 Å². The number of hydrogen-bond acceptors (Lipinski definition) is 5. The summed E-state index contributed by atoms with van der Waals surface area (Å²) in [6.45, 7) is 9.59. The summed E-state index contributed by atoms with van der Waals surface area (Å²) in [4.78, 5) is 18.0. The molecule has 0 aliphatic carbocycles. The Morgan fingerprint density at radius 1 is 1.26 bits per heavy atom. The molecule has 158 valence electrons. The summed E-state index contributed by atoms with van der Waals surface area (Å²) in [6, 6.07) is 0.247. The van der Waals surface area contributed by atoms with Crippen molar-refractivity contribution >= 4 is 22.1 Å². The van der Waals surface area contributed by atoms with E-state index in [0.717, 1.165) is 25.3 Å². The van der Waals surface area contributed by atoms with Crippen LogP contribution >= 0.6 is 0 Å². The van der Waals surface area contributed by atoms with Crippen molar-refractivity contribution in [2.45, 2.75) is 46.1 Å². The maximum atomic E-state index is 11.8. The molecule has 10 heteroatoms. The van der Waals surface area contributed by atoms with E-state index in [9.17, 15) is 13.2 Å². The number of amides is 1. The topological polar surface area (TPSA) is 103 Å². The van der Waals surface area contributed by atoms with Gasteiger partial charge in [0.2, 0.25) is 10.0 Å². The van der Waals surface area contributed by atoms with Crippen molar-refractivity contribution in [3.8, 4) is 0 Å². The molecule has 0 bridgehead atoms. The fourth-order valence-corrected chi connectivity index (χ4v) is 3.86. The maximum Gasteiger partial charge on any atom is 0.409 e. The van der Waals surface area contributed by atoms with Gasteiger partial charge in [-0.25, -0.2) is 17.5 Å². The summed E-state index contributed by atoms with van der Waals surface area (Å²) in [6.07, 6.45) is 3.32. The standard InChI is InChI=1S/C17H35N5O4S/c1-5-18-16(19-11-8-12-22(6-2)27(4,24)25)20-15-9-13-21(14-10-15)17(23)26-7-3/h15H,5-14H2,1-4H3,(H2,18,19,20). The first kappa shape index (κ1) is 23.5. The van der Waals surface area contributed by atoms with Crippen molar-refractivity contribution in [3.05, 3.63) is 0 Å². The number of hydrogen-bond donors (Lipinski definition) is 2. The Labute approximate surface area is 163 Å². The zero-order valence-electron chi connectivity index (χ0n) is 17.0. The monoisotopic (exact) mass is 405 g/mol. The number of likely N-dealkylation sites (tertiary alicyclic amines) is 1. The fourth-order valence-electron chi connectivity index (χ4n) is 2.93. The van der Waals surface area contributed by atoms with Crippen molar-refractivity contribution in [1.82, 2.24) is 19.8 Å². The molecular weight excluding hydrogens is 370 g/mol. The number of sulfonamides is 1. The van der Waals surface area contributed by atoms with E-state index < -0.39 is 10.0 Å². The van der Waals surface area contributed by atoms with E-state index in [1.165, 1.54) is 10.6 Å². The van der Waals surface area contributed by atoms with E-state index in [-0.39, 0.29) is 12.1 Å². The quantitative estimate of drug-likeness (QED) is 0.335. The normalized spacial score (nSPS) is 16.5. The van der Waals surface area contributed by atoms with E-state index in [4.69, 9.17) is 4.74 Å². The molecule has 0 aromatic rings. The lowest BCUT2D eigenvalue weighted by atomic mass is 10.1. The summed E-state index contributed by atoms with van der Waals surface area (Å²) in [5.41, 5.74) is 0. The van der Waals surface area contributed by atoms with Crippen LogP contribution in [0.4, 0.5) is 4.79 Å². The minimum Gasteiger partial charge on any atom is -0.450 e. The van der Waals surface area contributed by atoms with Crippen LogP contribution < -0.4 is 10.6 Å². The molecule has 0 aromatic heterocycles. The Bertz CT molecular complexity index is 574. The van der Waals surface area contributed by atoms with Crippen molar-refractivity contribution in [1.29, 1.82) is 0 Å². The van der Waals surface area contributed by atoms with E-state index in [1.807, 2.05) is 13.8 Å². The first-order chi connectivity index (χ1) is 12.8. The molecule has 2 N–H and O–H groups in total. The Kier molecular flexibility index (Phi) is 10.5. The molecule has 1 saturated heterocycles. The molecule has 1 aliphatic rings. The highest BCUT2D eigenvalue weighted by molar-refractivity contribution is 7.88. The molecule has 0 spiro atoms. The van der Waals surface area contributed by atoms with Crippen molar-refractivity contribution in [3.63, 3.8) is 0 Å². The molecule has 1 amide bonds. The zero-order chi connectivity index (χ0) is 20.3. The zero-order valence-corrected chi connectivity index (χ0v) is 17.8. The molecule has 27 heavy (non-hydrogen) atoms. The third-order valence-electron chi connectivity index (χ3n) is 4.36. The average molecular weight is 406 g/mol. The predicted molar refractivity (Wildman–Crippen MR) is 107 cm³/mol. The second-order valence-corrected chi connectivity index (χ2v) is 8.46. The highest BCUT2D eigenvalue weighted by atomic mass is 32.2. The summed E-state index contributed by atoms with van der Waals surface area (Å²) in [5, 5.41) is 6.63. The van der Waals surface area contributed by atoms with Gasteiger partial charge in [0.25, 0.3) is 0 Å². The third kappa shape index (κ3) is 8.79. The minimum atomic E-state index is -3.15. The van der Waals surface area contributed by atoms with Crippen LogP contribution in [-0.2, 0) is 14.8 Å². The van der Waals surface area contributed by atoms with Crippen molar-refractivity contribution < 1.29 is 17.9 Å². The van der Waals surface area contributed by atoms with Gasteiger partial charge in [-0.3, -0.25) is 4.99 Å². The molecular formula is C17H35N5O4S. The second-order valence-electron chi connectivity index (χ2n) is 6.47. The molecule has 0 aromatic carbocycles. The van der Waals surface area contributed by atoms with E-state index >= 15 is 0 Å². The van der Waals surface area contributed by atoms with Gasteiger partial charge in [-0.15, -0.1) is 0 Å². The molecule has 1 heterocycles. The summed E-state index contributed by atoms with van der Waals surface area (Å²) < 4.78 is 29.7. The lowest BCUT2D eigenvalue weighted by molar-refractivity contribution is 0.0963. The first-order valence-corrected chi connectivity index (χ1v) is 11.6. The highest BCUT2D eigenvalue weighted by Gasteiger charge is 2.24. The number of nitrogens with one attached hydrogen (secondary N) is 2. The molecule has 0 atom stereocenters. The number of guanidine groups is 1. The number of rotatable bonds is 9. The molecule has 1 aliphatic heterocycles. The number of ether oxygens (including phenoxy) is 1. The van der Waals surface area contributed by atoms with Crippen LogP contribution in [0.3, 0.4) is 0 Å². The number of aliphatic imine (C=N–C) groups is 1. The lowest BCUT2D eigenvalue weighted by Crippen LogP contribution is -2.50. The van der Waals surface area contributed by atoms with Gasteiger partial charge >= 0.3 is 6.09 Å². The largest absolute Gasteiger partial charge is 0.450 e. The van der Waals surface area contributed by atoms with Gasteiger partial charge in [0.15, 0.2) is 5.96 Å². The smallest absolute Gasteiger partial charge is 0.409 e. The fraction of sp³-hybridized carbons (Fsp3) is 0.882. The van der Waals surface area contributed by atoms with Gasteiger partial charge in [-0.05, 0) is 33.1 Å². The maximum absolute atomic E-state index is 11.8. The molecule has 0 saturated carbocycles. The van der Waals surface area contributed by atoms with Crippen LogP contribution in [-0.4, -0.2) is 87.8 Å².